The summed E-state index contributed by atoms with van der Waals surface area (Å²) in [6.45, 7) is 4.44. The summed E-state index contributed by atoms with van der Waals surface area (Å²) in [5, 5.41) is 6.39. The SMILES string of the molecule is CCNC(=NCc1cccc(N2CC=CC2)c1)NCc1cccc(OCC)c1OC(F)F.I. The highest BCUT2D eigenvalue weighted by molar-refractivity contribution is 14.0. The first-order valence-electron chi connectivity index (χ1n) is 10.8. The van der Waals surface area contributed by atoms with Gasteiger partial charge in [0.25, 0.3) is 0 Å². The lowest BCUT2D eigenvalue weighted by molar-refractivity contribution is -0.0520. The van der Waals surface area contributed by atoms with Crippen molar-refractivity contribution in [1.29, 1.82) is 0 Å². The van der Waals surface area contributed by atoms with Crippen LogP contribution in [0, 0.1) is 0 Å². The molecule has 1 heterocycles. The normalized spacial score (nSPS) is 13.1. The minimum atomic E-state index is -2.93. The van der Waals surface area contributed by atoms with Gasteiger partial charge in [0.15, 0.2) is 17.5 Å². The molecule has 2 aromatic carbocycles. The summed E-state index contributed by atoms with van der Waals surface area (Å²) in [4.78, 5) is 6.94. The summed E-state index contributed by atoms with van der Waals surface area (Å²) in [7, 11) is 0. The number of rotatable bonds is 10. The van der Waals surface area contributed by atoms with Crippen LogP contribution < -0.4 is 25.0 Å². The highest BCUT2D eigenvalue weighted by atomic mass is 127. The topological polar surface area (TPSA) is 58.1 Å². The molecule has 9 heteroatoms. The lowest BCUT2D eigenvalue weighted by Crippen LogP contribution is -2.37. The third-order valence-electron chi connectivity index (χ3n) is 4.87. The number of guanidine groups is 1. The van der Waals surface area contributed by atoms with Crippen molar-refractivity contribution in [2.75, 3.05) is 31.1 Å². The fourth-order valence-corrected chi connectivity index (χ4v) is 3.42. The maximum Gasteiger partial charge on any atom is 0.387 e. The van der Waals surface area contributed by atoms with E-state index >= 15 is 0 Å². The number of hydrogen-bond acceptors (Lipinski definition) is 4. The first-order valence-corrected chi connectivity index (χ1v) is 10.8. The molecule has 0 aromatic heterocycles. The van der Waals surface area contributed by atoms with Gasteiger partial charge in [-0.1, -0.05) is 36.4 Å². The van der Waals surface area contributed by atoms with Gasteiger partial charge in [0.2, 0.25) is 0 Å². The van der Waals surface area contributed by atoms with Crippen LogP contribution in [0.1, 0.15) is 25.0 Å². The monoisotopic (exact) mass is 572 g/mol. The number of ether oxygens (including phenoxy) is 2. The Kier molecular flexibility index (Phi) is 11.2. The van der Waals surface area contributed by atoms with Gasteiger partial charge in [-0.15, -0.1) is 24.0 Å². The Morgan fingerprint density at radius 3 is 2.55 bits per heavy atom. The zero-order valence-electron chi connectivity index (χ0n) is 18.9. The number of aliphatic imine (C=N–C) groups is 1. The van der Waals surface area contributed by atoms with Gasteiger partial charge in [-0.05, 0) is 37.6 Å². The predicted octanol–water partition coefficient (Wildman–Crippen LogP) is 4.94. The molecule has 33 heavy (non-hydrogen) atoms. The van der Waals surface area contributed by atoms with Crippen molar-refractivity contribution in [3.05, 3.63) is 65.7 Å². The summed E-state index contributed by atoms with van der Waals surface area (Å²) < 4.78 is 36.1. The van der Waals surface area contributed by atoms with E-state index in [-0.39, 0.29) is 36.3 Å². The Balaban J connectivity index is 0.00000385. The Bertz CT molecular complexity index is 932. The molecule has 0 amide bonds. The second kappa shape index (κ2) is 13.9. The first kappa shape index (κ1) is 26.7. The van der Waals surface area contributed by atoms with Crippen LogP contribution in [0.2, 0.25) is 0 Å². The molecule has 0 bridgehead atoms. The lowest BCUT2D eigenvalue weighted by Gasteiger charge is -2.18. The van der Waals surface area contributed by atoms with Crippen LogP contribution in [0.3, 0.4) is 0 Å². The van der Waals surface area contributed by atoms with Gasteiger partial charge in [0, 0.05) is 37.4 Å². The quantitative estimate of drug-likeness (QED) is 0.183. The molecule has 1 aliphatic heterocycles. The molecule has 2 aromatic rings. The van der Waals surface area contributed by atoms with E-state index in [0.717, 1.165) is 18.7 Å². The van der Waals surface area contributed by atoms with Crippen molar-refractivity contribution in [2.45, 2.75) is 33.5 Å². The van der Waals surface area contributed by atoms with Crippen LogP contribution in [0.4, 0.5) is 14.5 Å². The highest BCUT2D eigenvalue weighted by Crippen LogP contribution is 2.32. The molecule has 0 aliphatic carbocycles. The summed E-state index contributed by atoms with van der Waals surface area (Å²) in [6.07, 6.45) is 4.31. The third-order valence-corrected chi connectivity index (χ3v) is 4.87. The zero-order valence-corrected chi connectivity index (χ0v) is 21.2. The van der Waals surface area contributed by atoms with Gasteiger partial charge in [0.1, 0.15) is 0 Å². The standard InChI is InChI=1S/C24H30F2N4O2.HI/c1-3-27-24(28-16-18-9-7-11-20(15-18)30-13-5-6-14-30)29-17-19-10-8-12-21(31-4-2)22(19)32-23(25)26;/h5-12,15,23H,3-4,13-14,16-17H2,1-2H3,(H2,27,28,29);1H. The van der Waals surface area contributed by atoms with Gasteiger partial charge in [-0.2, -0.15) is 8.78 Å². The molecule has 0 unspecified atom stereocenters. The molecule has 0 saturated carbocycles. The van der Waals surface area contributed by atoms with E-state index in [1.807, 2.05) is 19.1 Å². The molecule has 0 fully saturated rings. The van der Waals surface area contributed by atoms with Gasteiger partial charge >= 0.3 is 6.61 Å². The van der Waals surface area contributed by atoms with Gasteiger partial charge < -0.3 is 25.0 Å². The van der Waals surface area contributed by atoms with Crippen molar-refractivity contribution < 1.29 is 18.3 Å². The van der Waals surface area contributed by atoms with Gasteiger partial charge in [-0.3, -0.25) is 0 Å². The smallest absolute Gasteiger partial charge is 0.387 e. The Labute approximate surface area is 211 Å². The second-order valence-electron chi connectivity index (χ2n) is 7.15. The van der Waals surface area contributed by atoms with Crippen LogP contribution in [0.15, 0.2) is 59.6 Å². The van der Waals surface area contributed by atoms with Crippen LogP contribution in [-0.4, -0.2) is 38.8 Å². The van der Waals surface area contributed by atoms with E-state index in [0.29, 0.717) is 37.0 Å². The number of nitrogens with zero attached hydrogens (tertiary/aromatic N) is 2. The number of alkyl halides is 2. The van der Waals surface area contributed by atoms with Crippen molar-refractivity contribution in [3.8, 4) is 11.5 Å². The van der Waals surface area contributed by atoms with Crippen LogP contribution in [0.25, 0.3) is 0 Å². The highest BCUT2D eigenvalue weighted by Gasteiger charge is 2.16. The largest absolute Gasteiger partial charge is 0.490 e. The zero-order chi connectivity index (χ0) is 22.8. The minimum absolute atomic E-state index is 0. The predicted molar refractivity (Wildman–Crippen MR) is 139 cm³/mol. The molecule has 1 aliphatic rings. The van der Waals surface area contributed by atoms with E-state index < -0.39 is 6.61 Å². The summed E-state index contributed by atoms with van der Waals surface area (Å²) >= 11 is 0. The fourth-order valence-electron chi connectivity index (χ4n) is 3.42. The van der Waals surface area contributed by atoms with E-state index in [9.17, 15) is 8.78 Å². The number of para-hydroxylation sites is 1. The Morgan fingerprint density at radius 2 is 1.85 bits per heavy atom. The third kappa shape index (κ3) is 8.06. The van der Waals surface area contributed by atoms with E-state index in [4.69, 9.17) is 9.47 Å². The number of halogens is 3. The van der Waals surface area contributed by atoms with Crippen LogP contribution in [0.5, 0.6) is 11.5 Å². The van der Waals surface area contributed by atoms with E-state index in [1.54, 1.807) is 25.1 Å². The van der Waals surface area contributed by atoms with Crippen molar-refractivity contribution >= 4 is 35.6 Å². The average Bonchev–Trinajstić information content (AvgIpc) is 3.32. The molecule has 2 N–H and O–H groups in total. The fraction of sp³-hybridized carbons (Fsp3) is 0.375. The molecule has 3 rings (SSSR count). The maximum atomic E-state index is 13.0. The van der Waals surface area contributed by atoms with E-state index in [2.05, 4.69) is 44.8 Å². The van der Waals surface area contributed by atoms with Crippen molar-refractivity contribution in [3.63, 3.8) is 0 Å². The maximum absolute atomic E-state index is 13.0. The van der Waals surface area contributed by atoms with Crippen LogP contribution >= 0.6 is 24.0 Å². The molecule has 6 nitrogen and oxygen atoms in total. The molecule has 0 saturated heterocycles. The minimum Gasteiger partial charge on any atom is -0.490 e. The van der Waals surface area contributed by atoms with Crippen molar-refractivity contribution in [2.24, 2.45) is 4.99 Å². The molecule has 180 valence electrons. The molecule has 0 atom stereocenters. The molecule has 0 spiro atoms. The van der Waals surface area contributed by atoms with E-state index in [1.165, 1.54) is 5.69 Å². The van der Waals surface area contributed by atoms with Gasteiger partial charge in [-0.25, -0.2) is 4.99 Å². The van der Waals surface area contributed by atoms with Gasteiger partial charge in [0.05, 0.1) is 13.2 Å². The molecular formula is C24H31F2IN4O2. The average molecular weight is 572 g/mol. The number of nitrogens with one attached hydrogen (secondary N) is 2. The molecule has 0 radical (unpaired) electrons. The Morgan fingerprint density at radius 1 is 1.09 bits per heavy atom. The number of hydrogen-bond donors (Lipinski definition) is 2. The summed E-state index contributed by atoms with van der Waals surface area (Å²) in [6, 6.07) is 13.4. The van der Waals surface area contributed by atoms with Crippen molar-refractivity contribution in [1.82, 2.24) is 10.6 Å². The number of benzene rings is 2. The van der Waals surface area contributed by atoms with Crippen LogP contribution in [-0.2, 0) is 13.1 Å². The Hall–Kier alpha value is -2.56. The summed E-state index contributed by atoms with van der Waals surface area (Å²) in [5.74, 6) is 0.924. The summed E-state index contributed by atoms with van der Waals surface area (Å²) in [5.41, 5.74) is 2.82. The number of anilines is 1. The second-order valence-corrected chi connectivity index (χ2v) is 7.15. The molecular weight excluding hydrogens is 541 g/mol. The lowest BCUT2D eigenvalue weighted by atomic mass is 10.2. The first-order chi connectivity index (χ1) is 15.6.